The Labute approximate surface area is 246 Å². The van der Waals surface area contributed by atoms with Crippen LogP contribution in [-0.2, 0) is 19.1 Å². The van der Waals surface area contributed by atoms with Gasteiger partial charge in [0.2, 0.25) is 11.8 Å². The van der Waals surface area contributed by atoms with Crippen LogP contribution in [0.15, 0.2) is 60.7 Å². The van der Waals surface area contributed by atoms with Crippen molar-refractivity contribution in [1.29, 1.82) is 0 Å². The SMILES string of the molecule is Cc1cccc(C(C(=O)Nc2ccc3ccccc3c2)N(C(=O)C(CC(N)=O)NC(=O)OC(C)(C)C)C2CCC2)c1C. The van der Waals surface area contributed by atoms with Crippen molar-refractivity contribution in [3.63, 3.8) is 0 Å². The molecule has 0 bridgehead atoms. The number of alkyl carbamates (subject to hydrolysis) is 1. The van der Waals surface area contributed by atoms with Crippen molar-refractivity contribution < 1.29 is 23.9 Å². The van der Waals surface area contributed by atoms with Crippen LogP contribution in [0.4, 0.5) is 10.5 Å². The van der Waals surface area contributed by atoms with E-state index in [1.165, 1.54) is 4.90 Å². The maximum Gasteiger partial charge on any atom is 0.408 e. The van der Waals surface area contributed by atoms with E-state index in [4.69, 9.17) is 10.5 Å². The van der Waals surface area contributed by atoms with Crippen LogP contribution in [-0.4, -0.2) is 46.4 Å². The number of benzene rings is 3. The van der Waals surface area contributed by atoms with Gasteiger partial charge in [0.15, 0.2) is 0 Å². The maximum absolute atomic E-state index is 14.3. The predicted molar refractivity (Wildman–Crippen MR) is 163 cm³/mol. The molecular weight excluding hydrogens is 532 g/mol. The monoisotopic (exact) mass is 572 g/mol. The van der Waals surface area contributed by atoms with Gasteiger partial charge in [-0.2, -0.15) is 0 Å². The predicted octanol–water partition coefficient (Wildman–Crippen LogP) is 5.29. The van der Waals surface area contributed by atoms with E-state index in [0.717, 1.165) is 28.3 Å². The zero-order valence-electron chi connectivity index (χ0n) is 24.9. The number of aryl methyl sites for hydroxylation is 1. The number of anilines is 1. The molecule has 2 atom stereocenters. The van der Waals surface area contributed by atoms with E-state index in [0.29, 0.717) is 24.1 Å². The van der Waals surface area contributed by atoms with Crippen LogP contribution in [0.1, 0.15) is 69.2 Å². The van der Waals surface area contributed by atoms with Crippen molar-refractivity contribution in [2.24, 2.45) is 5.73 Å². The lowest BCUT2D eigenvalue weighted by molar-refractivity contribution is -0.146. The highest BCUT2D eigenvalue weighted by molar-refractivity contribution is 6.01. The quantitative estimate of drug-likeness (QED) is 0.321. The van der Waals surface area contributed by atoms with E-state index in [2.05, 4.69) is 10.6 Å². The van der Waals surface area contributed by atoms with E-state index in [-0.39, 0.29) is 6.04 Å². The number of primary amides is 1. The first-order chi connectivity index (χ1) is 19.8. The average molecular weight is 573 g/mol. The molecule has 4 amide bonds. The van der Waals surface area contributed by atoms with Gasteiger partial charge >= 0.3 is 6.09 Å². The highest BCUT2D eigenvalue weighted by Crippen LogP contribution is 2.36. The van der Waals surface area contributed by atoms with Gasteiger partial charge in [-0.3, -0.25) is 14.4 Å². The van der Waals surface area contributed by atoms with Crippen LogP contribution in [0.25, 0.3) is 10.8 Å². The lowest BCUT2D eigenvalue weighted by Crippen LogP contribution is -2.57. The molecule has 9 heteroatoms. The smallest absolute Gasteiger partial charge is 0.408 e. The molecule has 222 valence electrons. The number of nitrogens with two attached hydrogens (primary N) is 1. The summed E-state index contributed by atoms with van der Waals surface area (Å²) in [6.45, 7) is 8.97. The summed E-state index contributed by atoms with van der Waals surface area (Å²) < 4.78 is 5.37. The van der Waals surface area contributed by atoms with E-state index in [1.807, 2.05) is 74.5 Å². The number of amides is 4. The summed E-state index contributed by atoms with van der Waals surface area (Å²) in [6, 6.07) is 16.6. The molecule has 0 aromatic heterocycles. The Kier molecular flexibility index (Phi) is 9.19. The molecule has 3 aromatic rings. The second-order valence-electron chi connectivity index (χ2n) is 11.9. The summed E-state index contributed by atoms with van der Waals surface area (Å²) in [5, 5.41) is 7.58. The molecule has 1 fully saturated rings. The Hall–Kier alpha value is -4.40. The van der Waals surface area contributed by atoms with Gasteiger partial charge in [-0.05, 0) is 93.5 Å². The highest BCUT2D eigenvalue weighted by atomic mass is 16.6. The van der Waals surface area contributed by atoms with Gasteiger partial charge in [-0.25, -0.2) is 4.79 Å². The molecule has 0 saturated heterocycles. The number of carbonyl (C=O) groups is 4. The normalized spacial score (nSPS) is 14.8. The minimum atomic E-state index is -1.31. The molecule has 0 aliphatic heterocycles. The lowest BCUT2D eigenvalue weighted by atomic mass is 9.86. The van der Waals surface area contributed by atoms with E-state index < -0.39 is 47.9 Å². The Balaban J connectivity index is 1.76. The largest absolute Gasteiger partial charge is 0.444 e. The third kappa shape index (κ3) is 7.26. The number of rotatable bonds is 9. The standard InChI is InChI=1S/C33H40N4O5/c1-20-10-8-15-26(21(20)2)29(30(39)35-24-17-16-22-11-6-7-12-23(22)18-24)37(25-13-9-14-25)31(40)27(19-28(34)38)36-32(41)42-33(3,4)5/h6-8,10-12,15-18,25,27,29H,9,13-14,19H2,1-5H3,(H2,34,38)(H,35,39)(H,36,41). The van der Waals surface area contributed by atoms with Crippen molar-refractivity contribution in [1.82, 2.24) is 10.2 Å². The molecule has 0 radical (unpaired) electrons. The molecule has 0 heterocycles. The highest BCUT2D eigenvalue weighted by Gasteiger charge is 2.43. The molecule has 42 heavy (non-hydrogen) atoms. The van der Waals surface area contributed by atoms with E-state index in [1.54, 1.807) is 20.8 Å². The van der Waals surface area contributed by atoms with Crippen LogP contribution in [0, 0.1) is 13.8 Å². The van der Waals surface area contributed by atoms with Gasteiger partial charge in [0.05, 0.1) is 6.42 Å². The fourth-order valence-electron chi connectivity index (χ4n) is 5.18. The number of carbonyl (C=O) groups excluding carboxylic acids is 4. The number of nitrogens with zero attached hydrogens (tertiary/aromatic N) is 1. The van der Waals surface area contributed by atoms with Crippen LogP contribution >= 0.6 is 0 Å². The first kappa shape index (κ1) is 30.6. The van der Waals surface area contributed by atoms with Crippen LogP contribution < -0.4 is 16.4 Å². The zero-order valence-corrected chi connectivity index (χ0v) is 24.9. The molecule has 1 aliphatic rings. The average Bonchev–Trinajstić information content (AvgIpc) is 2.87. The topological polar surface area (TPSA) is 131 Å². The van der Waals surface area contributed by atoms with Crippen molar-refractivity contribution >= 4 is 40.3 Å². The molecular formula is C33H40N4O5. The van der Waals surface area contributed by atoms with Gasteiger partial charge in [0.25, 0.3) is 5.91 Å². The number of ether oxygens (including phenoxy) is 1. The first-order valence-corrected chi connectivity index (χ1v) is 14.3. The Morgan fingerprint density at radius 3 is 2.29 bits per heavy atom. The third-order valence-electron chi connectivity index (χ3n) is 7.60. The zero-order chi connectivity index (χ0) is 30.6. The second kappa shape index (κ2) is 12.6. The van der Waals surface area contributed by atoms with Gasteiger partial charge in [0.1, 0.15) is 17.7 Å². The van der Waals surface area contributed by atoms with Gasteiger partial charge in [-0.15, -0.1) is 0 Å². The van der Waals surface area contributed by atoms with Crippen molar-refractivity contribution in [2.75, 3.05) is 5.32 Å². The van der Waals surface area contributed by atoms with Crippen LogP contribution in [0.2, 0.25) is 0 Å². The molecule has 2 unspecified atom stereocenters. The molecule has 0 spiro atoms. The number of fused-ring (bicyclic) bond motifs is 1. The van der Waals surface area contributed by atoms with Gasteiger partial charge in [-0.1, -0.05) is 48.5 Å². The molecule has 3 aromatic carbocycles. The van der Waals surface area contributed by atoms with Crippen LogP contribution in [0.5, 0.6) is 0 Å². The molecule has 1 aliphatic carbocycles. The van der Waals surface area contributed by atoms with Crippen LogP contribution in [0.3, 0.4) is 0 Å². The molecule has 1 saturated carbocycles. The summed E-state index contributed by atoms with van der Waals surface area (Å²) in [4.78, 5) is 54.9. The van der Waals surface area contributed by atoms with E-state index in [9.17, 15) is 19.2 Å². The number of hydrogen-bond donors (Lipinski definition) is 3. The summed E-state index contributed by atoms with van der Waals surface area (Å²) in [5.74, 6) is -1.72. The maximum atomic E-state index is 14.3. The fourth-order valence-corrected chi connectivity index (χ4v) is 5.18. The summed E-state index contributed by atoms with van der Waals surface area (Å²) in [7, 11) is 0. The molecule has 9 nitrogen and oxygen atoms in total. The number of nitrogens with one attached hydrogen (secondary N) is 2. The summed E-state index contributed by atoms with van der Waals surface area (Å²) >= 11 is 0. The van der Waals surface area contributed by atoms with Crippen molar-refractivity contribution in [2.45, 2.75) is 84.0 Å². The summed E-state index contributed by atoms with van der Waals surface area (Å²) in [5.41, 5.74) is 7.80. The number of hydrogen-bond acceptors (Lipinski definition) is 5. The Morgan fingerprint density at radius 1 is 0.976 bits per heavy atom. The second-order valence-corrected chi connectivity index (χ2v) is 11.9. The Bertz CT molecular complexity index is 1490. The minimum Gasteiger partial charge on any atom is -0.444 e. The van der Waals surface area contributed by atoms with Gasteiger partial charge in [0, 0.05) is 11.7 Å². The lowest BCUT2D eigenvalue weighted by Gasteiger charge is -2.44. The van der Waals surface area contributed by atoms with E-state index >= 15 is 0 Å². The van der Waals surface area contributed by atoms with Crippen molar-refractivity contribution in [3.05, 3.63) is 77.4 Å². The minimum absolute atomic E-state index is 0.263. The Morgan fingerprint density at radius 2 is 1.67 bits per heavy atom. The molecule has 4 N–H and O–H groups in total. The van der Waals surface area contributed by atoms with Crippen molar-refractivity contribution in [3.8, 4) is 0 Å². The molecule has 4 rings (SSSR count). The van der Waals surface area contributed by atoms with Gasteiger partial charge < -0.3 is 26.0 Å². The summed E-state index contributed by atoms with van der Waals surface area (Å²) in [6.07, 6.45) is 0.977. The first-order valence-electron chi connectivity index (χ1n) is 14.3. The third-order valence-corrected chi connectivity index (χ3v) is 7.60. The fraction of sp³-hybridized carbons (Fsp3) is 0.394.